The highest BCUT2D eigenvalue weighted by atomic mass is 19.4. The Labute approximate surface area is 100.0 Å². The Balaban J connectivity index is 3.24. The lowest BCUT2D eigenvalue weighted by Crippen LogP contribution is -2.21. The molecule has 18 heavy (non-hydrogen) atoms. The van der Waals surface area contributed by atoms with E-state index in [1.165, 1.54) is 6.92 Å². The molecule has 0 spiro atoms. The molecule has 0 amide bonds. The second-order valence-corrected chi connectivity index (χ2v) is 3.28. The van der Waals surface area contributed by atoms with Crippen molar-refractivity contribution < 1.29 is 32.6 Å². The summed E-state index contributed by atoms with van der Waals surface area (Å²) in [5.41, 5.74) is -2.22. The summed E-state index contributed by atoms with van der Waals surface area (Å²) in [4.78, 5) is 22.6. The van der Waals surface area contributed by atoms with Crippen LogP contribution >= 0.6 is 0 Å². The van der Waals surface area contributed by atoms with Crippen LogP contribution in [0.25, 0.3) is 0 Å². The lowest BCUT2D eigenvalue weighted by atomic mass is 10.0. The highest BCUT2D eigenvalue weighted by Gasteiger charge is 2.37. The van der Waals surface area contributed by atoms with Crippen LogP contribution in [0.15, 0.2) is 18.2 Å². The van der Waals surface area contributed by atoms with Crippen LogP contribution in [0.3, 0.4) is 0 Å². The van der Waals surface area contributed by atoms with Crippen molar-refractivity contribution >= 4 is 11.8 Å². The van der Waals surface area contributed by atoms with E-state index in [1.807, 2.05) is 0 Å². The molecular formula is C11H9F3O4. The van der Waals surface area contributed by atoms with E-state index in [-0.39, 0.29) is 6.61 Å². The normalized spacial score (nSPS) is 11.1. The van der Waals surface area contributed by atoms with Gasteiger partial charge in [-0.05, 0) is 25.1 Å². The van der Waals surface area contributed by atoms with Crippen molar-refractivity contribution in [3.63, 3.8) is 0 Å². The number of hydrogen-bond donors (Lipinski definition) is 1. The molecule has 1 aromatic rings. The summed E-state index contributed by atoms with van der Waals surface area (Å²) >= 11 is 0. The van der Waals surface area contributed by atoms with Crippen LogP contribution in [-0.2, 0) is 15.7 Å². The maximum absolute atomic E-state index is 12.6. The molecule has 0 aliphatic rings. The van der Waals surface area contributed by atoms with E-state index in [0.717, 1.165) is 12.1 Å². The van der Waals surface area contributed by atoms with E-state index in [1.54, 1.807) is 0 Å². The molecule has 4 nitrogen and oxygen atoms in total. The number of ketones is 1. The first-order valence-electron chi connectivity index (χ1n) is 4.89. The van der Waals surface area contributed by atoms with Crippen LogP contribution in [-0.4, -0.2) is 23.5 Å². The Morgan fingerprint density at radius 1 is 1.33 bits per heavy atom. The second kappa shape index (κ2) is 5.07. The third-order valence-corrected chi connectivity index (χ3v) is 2.01. The molecule has 0 aliphatic heterocycles. The van der Waals surface area contributed by atoms with Crippen molar-refractivity contribution in [1.29, 1.82) is 0 Å². The molecule has 0 aromatic heterocycles. The van der Waals surface area contributed by atoms with E-state index in [4.69, 9.17) is 5.11 Å². The minimum atomic E-state index is -4.85. The van der Waals surface area contributed by atoms with E-state index in [9.17, 15) is 22.8 Å². The average molecular weight is 262 g/mol. The molecule has 0 fully saturated rings. The Morgan fingerprint density at radius 2 is 1.94 bits per heavy atom. The largest absolute Gasteiger partial charge is 0.508 e. The maximum Gasteiger partial charge on any atom is 0.417 e. The predicted octanol–water partition coefficient (Wildman–Crippen LogP) is 2.16. The van der Waals surface area contributed by atoms with Gasteiger partial charge in [0, 0.05) is 5.56 Å². The molecule has 1 aromatic carbocycles. The lowest BCUT2D eigenvalue weighted by Gasteiger charge is -2.11. The van der Waals surface area contributed by atoms with E-state index in [0.29, 0.717) is 6.07 Å². The van der Waals surface area contributed by atoms with Gasteiger partial charge in [0.15, 0.2) is 0 Å². The SMILES string of the molecule is CCOC(=O)C(=O)c1ccc(O)cc1C(F)(F)F. The van der Waals surface area contributed by atoms with Gasteiger partial charge in [0.05, 0.1) is 12.2 Å². The molecule has 0 unspecified atom stereocenters. The topological polar surface area (TPSA) is 63.6 Å². The van der Waals surface area contributed by atoms with Gasteiger partial charge in [0.2, 0.25) is 0 Å². The van der Waals surface area contributed by atoms with Crippen LogP contribution in [0.4, 0.5) is 13.2 Å². The zero-order valence-corrected chi connectivity index (χ0v) is 9.25. The van der Waals surface area contributed by atoms with Crippen LogP contribution in [0.2, 0.25) is 0 Å². The Morgan fingerprint density at radius 3 is 2.44 bits per heavy atom. The summed E-state index contributed by atoms with van der Waals surface area (Å²) in [7, 11) is 0. The molecule has 0 saturated carbocycles. The van der Waals surface area contributed by atoms with Crippen molar-refractivity contribution in [2.45, 2.75) is 13.1 Å². The molecule has 0 atom stereocenters. The fourth-order valence-electron chi connectivity index (χ4n) is 1.27. The zero-order chi connectivity index (χ0) is 13.9. The van der Waals surface area contributed by atoms with E-state index in [2.05, 4.69) is 4.74 Å². The minimum Gasteiger partial charge on any atom is -0.508 e. The zero-order valence-electron chi connectivity index (χ0n) is 9.25. The minimum absolute atomic E-state index is 0.121. The van der Waals surface area contributed by atoms with Crippen molar-refractivity contribution in [2.75, 3.05) is 6.61 Å². The summed E-state index contributed by atoms with van der Waals surface area (Å²) in [5, 5.41) is 9.00. The first kappa shape index (κ1) is 14.0. The van der Waals surface area contributed by atoms with Gasteiger partial charge in [-0.25, -0.2) is 4.79 Å². The number of phenols is 1. The van der Waals surface area contributed by atoms with Crippen LogP contribution in [0.5, 0.6) is 5.75 Å². The number of carbonyl (C=O) groups excluding carboxylic acids is 2. The number of benzene rings is 1. The summed E-state index contributed by atoms with van der Waals surface area (Å²) < 4.78 is 42.2. The number of halogens is 3. The number of ether oxygens (including phenoxy) is 1. The first-order chi connectivity index (χ1) is 8.27. The number of phenolic OH excluding ortho intramolecular Hbond substituents is 1. The highest BCUT2D eigenvalue weighted by Crippen LogP contribution is 2.34. The quantitative estimate of drug-likeness (QED) is 0.515. The average Bonchev–Trinajstić information content (AvgIpc) is 2.27. The molecule has 0 bridgehead atoms. The number of Topliss-reactive ketones (excluding diaryl/α,β-unsaturated/α-hetero) is 1. The van der Waals surface area contributed by atoms with Crippen molar-refractivity contribution in [3.05, 3.63) is 29.3 Å². The summed E-state index contributed by atoms with van der Waals surface area (Å²) in [5.74, 6) is -3.42. The van der Waals surface area contributed by atoms with Gasteiger partial charge < -0.3 is 9.84 Å². The molecular weight excluding hydrogens is 253 g/mol. The fourth-order valence-corrected chi connectivity index (χ4v) is 1.27. The Bertz CT molecular complexity index is 480. The molecule has 0 heterocycles. The number of hydrogen-bond acceptors (Lipinski definition) is 4. The van der Waals surface area contributed by atoms with Crippen molar-refractivity contribution in [2.24, 2.45) is 0 Å². The smallest absolute Gasteiger partial charge is 0.417 e. The molecule has 0 aliphatic carbocycles. The third kappa shape index (κ3) is 2.99. The molecule has 1 rings (SSSR count). The first-order valence-corrected chi connectivity index (χ1v) is 4.89. The number of aromatic hydroxyl groups is 1. The third-order valence-electron chi connectivity index (χ3n) is 2.01. The second-order valence-electron chi connectivity index (χ2n) is 3.28. The molecule has 0 radical (unpaired) electrons. The summed E-state index contributed by atoms with van der Waals surface area (Å²) in [6.07, 6.45) is -4.85. The van der Waals surface area contributed by atoms with Gasteiger partial charge in [0.25, 0.3) is 5.78 Å². The lowest BCUT2D eigenvalue weighted by molar-refractivity contribution is -0.139. The van der Waals surface area contributed by atoms with Crippen LogP contribution in [0.1, 0.15) is 22.8 Å². The molecule has 7 heteroatoms. The van der Waals surface area contributed by atoms with Crippen molar-refractivity contribution in [3.8, 4) is 5.75 Å². The number of carbonyl (C=O) groups is 2. The van der Waals surface area contributed by atoms with Gasteiger partial charge in [-0.15, -0.1) is 0 Å². The Hall–Kier alpha value is -2.05. The summed E-state index contributed by atoms with van der Waals surface area (Å²) in [6, 6.07) is 2.01. The fraction of sp³-hybridized carbons (Fsp3) is 0.273. The Kier molecular flexibility index (Phi) is 3.95. The number of esters is 1. The predicted molar refractivity (Wildman–Crippen MR) is 54.1 cm³/mol. The van der Waals surface area contributed by atoms with Gasteiger partial charge >= 0.3 is 12.1 Å². The molecule has 0 saturated heterocycles. The van der Waals surface area contributed by atoms with E-state index >= 15 is 0 Å². The number of rotatable bonds is 3. The van der Waals surface area contributed by atoms with Gasteiger partial charge in [-0.2, -0.15) is 13.2 Å². The van der Waals surface area contributed by atoms with E-state index < -0.39 is 34.8 Å². The van der Waals surface area contributed by atoms with Gasteiger partial charge in [-0.3, -0.25) is 4.79 Å². The summed E-state index contributed by atoms with van der Waals surface area (Å²) in [6.45, 7) is 1.30. The van der Waals surface area contributed by atoms with Gasteiger partial charge in [0.1, 0.15) is 5.75 Å². The number of alkyl halides is 3. The van der Waals surface area contributed by atoms with Crippen LogP contribution < -0.4 is 0 Å². The van der Waals surface area contributed by atoms with Crippen molar-refractivity contribution in [1.82, 2.24) is 0 Å². The van der Waals surface area contributed by atoms with Gasteiger partial charge in [-0.1, -0.05) is 0 Å². The van der Waals surface area contributed by atoms with Crippen LogP contribution in [0, 0.1) is 0 Å². The maximum atomic E-state index is 12.6. The standard InChI is InChI=1S/C11H9F3O4/c1-2-18-10(17)9(16)7-4-3-6(15)5-8(7)11(12,13)14/h3-5,15H,2H2,1H3. The monoisotopic (exact) mass is 262 g/mol. The molecule has 98 valence electrons. The molecule has 1 N–H and O–H groups in total. The highest BCUT2D eigenvalue weighted by molar-refractivity contribution is 6.41.